The molecule has 4 rings (SSSR count). The number of thioether (sulfide) groups is 1. The van der Waals surface area contributed by atoms with Crippen molar-refractivity contribution in [2.75, 3.05) is 12.0 Å². The molecule has 0 aliphatic carbocycles. The lowest BCUT2D eigenvalue weighted by molar-refractivity contribution is -0.115. The van der Waals surface area contributed by atoms with E-state index in [0.29, 0.717) is 27.3 Å². The molecule has 164 valence electrons. The van der Waals surface area contributed by atoms with Gasteiger partial charge in [0, 0.05) is 23.1 Å². The minimum Gasteiger partial charge on any atom is -0.495 e. The van der Waals surface area contributed by atoms with Crippen LogP contribution >= 0.6 is 34.7 Å². The predicted octanol–water partition coefficient (Wildman–Crippen LogP) is 5.67. The van der Waals surface area contributed by atoms with Crippen molar-refractivity contribution in [3.05, 3.63) is 70.5 Å². The Morgan fingerprint density at radius 3 is 2.84 bits per heavy atom. The molecule has 4 aromatic rings. The number of ether oxygens (including phenoxy) is 1. The van der Waals surface area contributed by atoms with Crippen LogP contribution in [0.2, 0.25) is 5.02 Å². The molecule has 0 spiro atoms. The summed E-state index contributed by atoms with van der Waals surface area (Å²) < 4.78 is 7.31. The number of thiazole rings is 1. The topological polar surface area (TPSA) is 73.1 Å². The molecule has 0 unspecified atom stereocenters. The van der Waals surface area contributed by atoms with Crippen LogP contribution in [0.3, 0.4) is 0 Å². The van der Waals surface area contributed by atoms with Crippen LogP contribution in [-0.2, 0) is 10.5 Å². The largest absolute Gasteiger partial charge is 0.495 e. The number of halogens is 1. The first-order valence-electron chi connectivity index (χ1n) is 9.65. The van der Waals surface area contributed by atoms with Gasteiger partial charge in [-0.3, -0.25) is 14.3 Å². The summed E-state index contributed by atoms with van der Waals surface area (Å²) in [5.41, 5.74) is 3.41. The molecule has 0 saturated heterocycles. The van der Waals surface area contributed by atoms with Gasteiger partial charge in [-0.15, -0.1) is 21.5 Å². The molecule has 0 radical (unpaired) electrons. The molecule has 2 heterocycles. The summed E-state index contributed by atoms with van der Waals surface area (Å²) >= 11 is 9.19. The smallest absolute Gasteiger partial charge is 0.230 e. The number of aryl methyl sites for hydroxylation is 1. The molecular weight excluding hydrogens is 466 g/mol. The van der Waals surface area contributed by atoms with Gasteiger partial charge < -0.3 is 4.74 Å². The average Bonchev–Trinajstić information content (AvgIpc) is 3.44. The van der Waals surface area contributed by atoms with E-state index in [1.807, 2.05) is 59.3 Å². The van der Waals surface area contributed by atoms with E-state index in [1.54, 1.807) is 18.3 Å². The zero-order valence-electron chi connectivity index (χ0n) is 17.7. The highest BCUT2D eigenvalue weighted by Gasteiger charge is 2.21. The normalized spacial score (nSPS) is 10.9. The molecule has 0 atom stereocenters. The molecule has 10 heteroatoms. The van der Waals surface area contributed by atoms with E-state index >= 15 is 0 Å². The summed E-state index contributed by atoms with van der Waals surface area (Å²) in [6.45, 7) is 3.47. The second-order valence-corrected chi connectivity index (χ2v) is 9.04. The number of carbonyl (C=O) groups is 1. The predicted molar refractivity (Wildman–Crippen MR) is 129 cm³/mol. The fourth-order valence-electron chi connectivity index (χ4n) is 3.06. The van der Waals surface area contributed by atoms with Crippen molar-refractivity contribution in [2.24, 2.45) is 0 Å². The fourth-order valence-corrected chi connectivity index (χ4v) is 5.04. The van der Waals surface area contributed by atoms with Crippen molar-refractivity contribution in [3.63, 3.8) is 0 Å². The van der Waals surface area contributed by atoms with Crippen LogP contribution in [0, 0.1) is 6.92 Å². The summed E-state index contributed by atoms with van der Waals surface area (Å²) in [6.07, 6.45) is 1.66. The maximum absolute atomic E-state index is 12.4. The van der Waals surface area contributed by atoms with E-state index in [9.17, 15) is 4.79 Å². The number of amides is 1. The Hall–Kier alpha value is -2.88. The van der Waals surface area contributed by atoms with Gasteiger partial charge in [0.2, 0.25) is 5.91 Å². The van der Waals surface area contributed by atoms with E-state index in [4.69, 9.17) is 16.3 Å². The molecule has 2 aromatic carbocycles. The quantitative estimate of drug-likeness (QED) is 0.314. The van der Waals surface area contributed by atoms with E-state index in [1.165, 1.54) is 30.0 Å². The maximum atomic E-state index is 12.4. The molecule has 0 N–H and O–H groups in total. The van der Waals surface area contributed by atoms with Crippen LogP contribution < -0.4 is 9.64 Å². The monoisotopic (exact) mass is 485 g/mol. The van der Waals surface area contributed by atoms with Crippen LogP contribution in [0.4, 0.5) is 10.8 Å². The number of hydrogen-bond acceptors (Lipinski definition) is 7. The van der Waals surface area contributed by atoms with E-state index in [-0.39, 0.29) is 5.91 Å². The van der Waals surface area contributed by atoms with Crippen molar-refractivity contribution < 1.29 is 9.53 Å². The lowest BCUT2D eigenvalue weighted by Crippen LogP contribution is -2.23. The summed E-state index contributed by atoms with van der Waals surface area (Å²) in [4.78, 5) is 18.7. The Morgan fingerprint density at radius 1 is 1.28 bits per heavy atom. The van der Waals surface area contributed by atoms with E-state index < -0.39 is 0 Å². The summed E-state index contributed by atoms with van der Waals surface area (Å²) in [6, 6.07) is 13.2. The SMILES string of the molecule is COc1ccccc1N(C(C)=O)c1nc(CSc2nncn2-c2ccc(C)c(Cl)c2)cs1. The van der Waals surface area contributed by atoms with Crippen LogP contribution in [-0.4, -0.2) is 32.8 Å². The lowest BCUT2D eigenvalue weighted by atomic mass is 10.2. The van der Waals surface area contributed by atoms with E-state index in [0.717, 1.165) is 22.1 Å². The Balaban J connectivity index is 1.54. The zero-order chi connectivity index (χ0) is 22.7. The van der Waals surface area contributed by atoms with Crippen LogP contribution in [0.15, 0.2) is 59.3 Å². The van der Waals surface area contributed by atoms with Gasteiger partial charge in [-0.05, 0) is 36.8 Å². The number of aromatic nitrogens is 4. The number of nitrogens with zero attached hydrogens (tertiary/aromatic N) is 5. The molecule has 0 saturated carbocycles. The highest BCUT2D eigenvalue weighted by molar-refractivity contribution is 7.98. The number of carbonyl (C=O) groups excluding carboxylic acids is 1. The molecule has 0 fully saturated rings. The van der Waals surface area contributed by atoms with Gasteiger partial charge in [-0.2, -0.15) is 0 Å². The average molecular weight is 486 g/mol. The minimum absolute atomic E-state index is 0.140. The Kier molecular flexibility index (Phi) is 6.78. The van der Waals surface area contributed by atoms with Crippen molar-refractivity contribution in [1.82, 2.24) is 19.7 Å². The van der Waals surface area contributed by atoms with Gasteiger partial charge in [-0.25, -0.2) is 4.98 Å². The third-order valence-electron chi connectivity index (χ3n) is 4.67. The second kappa shape index (κ2) is 9.72. The highest BCUT2D eigenvalue weighted by Crippen LogP contribution is 2.36. The summed E-state index contributed by atoms with van der Waals surface area (Å²) in [7, 11) is 1.58. The first-order chi connectivity index (χ1) is 15.5. The zero-order valence-corrected chi connectivity index (χ0v) is 20.0. The van der Waals surface area contributed by atoms with Gasteiger partial charge in [0.05, 0.1) is 24.2 Å². The van der Waals surface area contributed by atoms with Crippen LogP contribution in [0.5, 0.6) is 5.75 Å². The Morgan fingerprint density at radius 2 is 2.09 bits per heavy atom. The van der Waals surface area contributed by atoms with E-state index in [2.05, 4.69) is 15.2 Å². The lowest BCUT2D eigenvalue weighted by Gasteiger charge is -2.20. The molecule has 1 amide bonds. The molecule has 0 aliphatic rings. The van der Waals surface area contributed by atoms with Gasteiger partial charge in [-0.1, -0.05) is 41.6 Å². The van der Waals surface area contributed by atoms with Gasteiger partial charge in [0.15, 0.2) is 10.3 Å². The van der Waals surface area contributed by atoms with Crippen molar-refractivity contribution >= 4 is 51.4 Å². The highest BCUT2D eigenvalue weighted by atomic mass is 35.5. The molecule has 2 aromatic heterocycles. The number of benzene rings is 2. The van der Waals surface area contributed by atoms with Crippen molar-refractivity contribution in [3.8, 4) is 11.4 Å². The first kappa shape index (κ1) is 22.3. The standard InChI is InChI=1S/C22H20ClN5O2S2/c1-14-8-9-17(10-18(14)23)27-13-24-26-22(27)32-12-16-11-31-21(25-16)28(15(2)29)19-6-4-5-7-20(19)30-3/h4-11,13H,12H2,1-3H3. The first-order valence-corrected chi connectivity index (χ1v) is 11.9. The van der Waals surface area contributed by atoms with Crippen LogP contribution in [0.25, 0.3) is 5.69 Å². The number of methoxy groups -OCH3 is 1. The molecule has 0 aliphatic heterocycles. The minimum atomic E-state index is -0.140. The number of rotatable bonds is 7. The maximum Gasteiger partial charge on any atom is 0.230 e. The van der Waals surface area contributed by atoms with Crippen molar-refractivity contribution in [1.29, 1.82) is 0 Å². The van der Waals surface area contributed by atoms with Gasteiger partial charge in [0.25, 0.3) is 0 Å². The third-order valence-corrected chi connectivity index (χ3v) is 6.93. The Labute approximate surface area is 199 Å². The number of hydrogen-bond donors (Lipinski definition) is 0. The molecule has 0 bridgehead atoms. The number of para-hydroxylation sites is 2. The molecule has 32 heavy (non-hydrogen) atoms. The Bertz CT molecular complexity index is 1260. The number of anilines is 2. The van der Waals surface area contributed by atoms with Crippen molar-refractivity contribution in [2.45, 2.75) is 24.8 Å². The second-order valence-electron chi connectivity index (χ2n) is 6.85. The fraction of sp³-hybridized carbons (Fsp3) is 0.182. The van der Waals surface area contributed by atoms with Crippen LogP contribution in [0.1, 0.15) is 18.2 Å². The molecular formula is C22H20ClN5O2S2. The van der Waals surface area contributed by atoms with Gasteiger partial charge in [0.1, 0.15) is 12.1 Å². The molecule has 7 nitrogen and oxygen atoms in total. The summed E-state index contributed by atoms with van der Waals surface area (Å²) in [5.74, 6) is 1.05. The summed E-state index contributed by atoms with van der Waals surface area (Å²) in [5, 5.41) is 12.2. The third kappa shape index (κ3) is 4.64. The van der Waals surface area contributed by atoms with Gasteiger partial charge >= 0.3 is 0 Å².